The predicted molar refractivity (Wildman–Crippen MR) is 151 cm³/mol. The van der Waals surface area contributed by atoms with Crippen LogP contribution < -0.4 is 0 Å². The highest BCUT2D eigenvalue weighted by molar-refractivity contribution is 5.68. The molecule has 1 aliphatic heterocycles. The lowest BCUT2D eigenvalue weighted by Crippen LogP contribution is -2.45. The molecule has 2 aliphatic carbocycles. The molecule has 4 nitrogen and oxygen atoms in total. The highest BCUT2D eigenvalue weighted by Gasteiger charge is 2.43. The lowest BCUT2D eigenvalue weighted by molar-refractivity contribution is 0.0810. The van der Waals surface area contributed by atoms with Gasteiger partial charge in [0.25, 0.3) is 0 Å². The molecule has 2 saturated carbocycles. The Morgan fingerprint density at radius 3 is 2.24 bits per heavy atom. The third-order valence-electron chi connectivity index (χ3n) is 9.52. The van der Waals surface area contributed by atoms with E-state index in [1.165, 1.54) is 69.2 Å². The Morgan fingerprint density at radius 1 is 0.892 bits per heavy atom. The number of methoxy groups -OCH3 is 1. The van der Waals surface area contributed by atoms with Crippen LogP contribution in [0.25, 0.3) is 0 Å². The van der Waals surface area contributed by atoms with Crippen molar-refractivity contribution in [2.45, 2.75) is 88.6 Å². The summed E-state index contributed by atoms with van der Waals surface area (Å²) >= 11 is 0. The monoisotopic (exact) mass is 502 g/mol. The van der Waals surface area contributed by atoms with Crippen molar-refractivity contribution in [3.05, 3.63) is 71.8 Å². The summed E-state index contributed by atoms with van der Waals surface area (Å²) in [5.74, 6) is 1.98. The second-order valence-electron chi connectivity index (χ2n) is 11.8. The quantitative estimate of drug-likeness (QED) is 0.361. The Labute approximate surface area is 224 Å². The molecule has 1 amide bonds. The molecule has 0 N–H and O–H groups in total. The molecule has 37 heavy (non-hydrogen) atoms. The number of ether oxygens (including phenoxy) is 1. The van der Waals surface area contributed by atoms with E-state index in [2.05, 4.69) is 70.5 Å². The average Bonchev–Trinajstić information content (AvgIpc) is 3.62. The van der Waals surface area contributed by atoms with Gasteiger partial charge in [-0.2, -0.15) is 0 Å². The Balaban J connectivity index is 1.18. The van der Waals surface area contributed by atoms with Crippen LogP contribution in [-0.2, 0) is 11.2 Å². The molecule has 1 unspecified atom stereocenters. The number of hydrogen-bond donors (Lipinski definition) is 0. The molecule has 0 radical (unpaired) electrons. The molecule has 5 rings (SSSR count). The maximum atomic E-state index is 12.9. The van der Waals surface area contributed by atoms with Gasteiger partial charge >= 0.3 is 6.09 Å². The molecule has 200 valence electrons. The summed E-state index contributed by atoms with van der Waals surface area (Å²) in [5, 5.41) is 0. The minimum atomic E-state index is -0.110. The average molecular weight is 503 g/mol. The fourth-order valence-corrected chi connectivity index (χ4v) is 7.55. The number of aryl methyl sites for hydroxylation is 1. The van der Waals surface area contributed by atoms with Crippen molar-refractivity contribution in [2.75, 3.05) is 26.7 Å². The van der Waals surface area contributed by atoms with Gasteiger partial charge in [0.05, 0.1) is 7.11 Å². The van der Waals surface area contributed by atoms with Crippen molar-refractivity contribution in [1.82, 2.24) is 9.80 Å². The molecule has 1 heterocycles. The fraction of sp³-hybridized carbons (Fsp3) is 0.606. The van der Waals surface area contributed by atoms with Crippen LogP contribution in [0.1, 0.15) is 81.3 Å². The van der Waals surface area contributed by atoms with Crippen molar-refractivity contribution >= 4 is 6.09 Å². The lowest BCUT2D eigenvalue weighted by atomic mass is 9.87. The van der Waals surface area contributed by atoms with Gasteiger partial charge in [-0.1, -0.05) is 79.9 Å². The van der Waals surface area contributed by atoms with Crippen LogP contribution in [0.5, 0.6) is 0 Å². The molecule has 3 atom stereocenters. The van der Waals surface area contributed by atoms with E-state index >= 15 is 0 Å². The van der Waals surface area contributed by atoms with Gasteiger partial charge in [-0.3, -0.25) is 0 Å². The lowest BCUT2D eigenvalue weighted by Gasteiger charge is -2.35. The van der Waals surface area contributed by atoms with Gasteiger partial charge in [0.1, 0.15) is 0 Å². The van der Waals surface area contributed by atoms with E-state index in [1.807, 2.05) is 0 Å². The van der Waals surface area contributed by atoms with Gasteiger partial charge in [-0.15, -0.1) is 0 Å². The zero-order valence-electron chi connectivity index (χ0n) is 22.8. The van der Waals surface area contributed by atoms with E-state index in [-0.39, 0.29) is 6.09 Å². The molecule has 1 saturated heterocycles. The van der Waals surface area contributed by atoms with E-state index in [0.29, 0.717) is 23.9 Å². The van der Waals surface area contributed by atoms with Crippen LogP contribution >= 0.6 is 0 Å². The Kier molecular flexibility index (Phi) is 9.20. The van der Waals surface area contributed by atoms with Gasteiger partial charge in [0.2, 0.25) is 0 Å². The Bertz CT molecular complexity index is 951. The van der Waals surface area contributed by atoms with Crippen LogP contribution in [0.2, 0.25) is 0 Å². The molecular formula is C33H46N2O2. The summed E-state index contributed by atoms with van der Waals surface area (Å²) in [6.45, 7) is 3.61. The number of likely N-dealkylation sites (tertiary alicyclic amines) is 1. The molecule has 2 aromatic rings. The first-order valence-electron chi connectivity index (χ1n) is 14.9. The molecule has 0 spiro atoms. The zero-order chi connectivity index (χ0) is 25.5. The molecule has 4 heteroatoms. The third kappa shape index (κ3) is 6.76. The number of benzene rings is 2. The molecule has 3 aliphatic rings. The normalized spacial score (nSPS) is 25.4. The van der Waals surface area contributed by atoms with Crippen molar-refractivity contribution in [2.24, 2.45) is 11.8 Å². The second-order valence-corrected chi connectivity index (χ2v) is 11.8. The summed E-state index contributed by atoms with van der Waals surface area (Å²) in [4.78, 5) is 17.8. The number of carbonyl (C=O) groups is 1. The van der Waals surface area contributed by atoms with E-state index in [1.54, 1.807) is 7.11 Å². The number of nitrogens with zero attached hydrogens (tertiary/aromatic N) is 2. The minimum Gasteiger partial charge on any atom is -0.453 e. The van der Waals surface area contributed by atoms with Crippen LogP contribution in [0.3, 0.4) is 0 Å². The van der Waals surface area contributed by atoms with Gasteiger partial charge < -0.3 is 14.5 Å². The van der Waals surface area contributed by atoms with Crippen molar-refractivity contribution in [1.29, 1.82) is 0 Å². The number of amides is 1. The van der Waals surface area contributed by atoms with Crippen LogP contribution in [0.4, 0.5) is 4.79 Å². The van der Waals surface area contributed by atoms with Crippen LogP contribution in [0, 0.1) is 11.8 Å². The topological polar surface area (TPSA) is 32.8 Å². The zero-order valence-corrected chi connectivity index (χ0v) is 22.8. The number of rotatable bonds is 9. The first-order valence-corrected chi connectivity index (χ1v) is 14.9. The number of piperidine rings is 1. The van der Waals surface area contributed by atoms with Gasteiger partial charge in [0.15, 0.2) is 0 Å². The molecular weight excluding hydrogens is 456 g/mol. The smallest absolute Gasteiger partial charge is 0.409 e. The highest BCUT2D eigenvalue weighted by Crippen LogP contribution is 2.44. The number of carbonyl (C=O) groups excluding carboxylic acids is 1. The van der Waals surface area contributed by atoms with E-state index < -0.39 is 0 Å². The van der Waals surface area contributed by atoms with Crippen molar-refractivity contribution in [3.63, 3.8) is 0 Å². The van der Waals surface area contributed by atoms with Crippen molar-refractivity contribution < 1.29 is 9.53 Å². The molecule has 0 bridgehead atoms. The molecule has 3 fully saturated rings. The van der Waals surface area contributed by atoms with Gasteiger partial charge in [0, 0.05) is 18.6 Å². The Hall–Kier alpha value is -2.33. The minimum absolute atomic E-state index is 0.110. The van der Waals surface area contributed by atoms with E-state index in [9.17, 15) is 4.79 Å². The highest BCUT2D eigenvalue weighted by atomic mass is 16.5. The summed E-state index contributed by atoms with van der Waals surface area (Å²) < 4.78 is 5.31. The number of hydrogen-bond acceptors (Lipinski definition) is 3. The SMILES string of the molecule is COC(=O)N(C1CCCC1)C1C[C@H](CN2CCC(CCCc3ccccc3)CC2)[C@@H](c2ccccc2)C1. The van der Waals surface area contributed by atoms with E-state index in [4.69, 9.17) is 4.74 Å². The third-order valence-corrected chi connectivity index (χ3v) is 9.52. The van der Waals surface area contributed by atoms with Crippen LogP contribution in [0.15, 0.2) is 60.7 Å². The first kappa shape index (κ1) is 26.3. The maximum absolute atomic E-state index is 12.9. The summed E-state index contributed by atoms with van der Waals surface area (Å²) in [6, 6.07) is 22.7. The fourth-order valence-electron chi connectivity index (χ4n) is 7.55. The van der Waals surface area contributed by atoms with Gasteiger partial charge in [-0.25, -0.2) is 4.79 Å². The standard InChI is InChI=1S/C33H46N2O2/c1-37-33(36)35(30-17-8-9-18-30)31-23-29(32(24-31)28-15-6-3-7-16-28)25-34-21-19-27(20-22-34)14-10-13-26-11-4-2-5-12-26/h2-7,11-12,15-16,27,29-32H,8-10,13-14,17-25H2,1H3/t29-,31?,32-/m1/s1. The second kappa shape index (κ2) is 13.0. The van der Waals surface area contributed by atoms with Crippen LogP contribution in [-0.4, -0.2) is 54.7 Å². The summed E-state index contributed by atoms with van der Waals surface area (Å²) in [5.41, 5.74) is 2.92. The van der Waals surface area contributed by atoms with E-state index in [0.717, 1.165) is 38.1 Å². The Morgan fingerprint density at radius 2 is 1.57 bits per heavy atom. The molecule has 0 aromatic heterocycles. The summed E-state index contributed by atoms with van der Waals surface area (Å²) in [6.07, 6.45) is 13.3. The summed E-state index contributed by atoms with van der Waals surface area (Å²) in [7, 11) is 1.55. The largest absolute Gasteiger partial charge is 0.453 e. The predicted octanol–water partition coefficient (Wildman–Crippen LogP) is 7.29. The maximum Gasteiger partial charge on any atom is 0.409 e. The first-order chi connectivity index (χ1) is 18.2. The van der Waals surface area contributed by atoms with Crippen molar-refractivity contribution in [3.8, 4) is 0 Å². The molecule has 2 aromatic carbocycles. The van der Waals surface area contributed by atoms with Gasteiger partial charge in [-0.05, 0) is 93.3 Å².